The lowest BCUT2D eigenvalue weighted by Crippen LogP contribution is -2.31. The van der Waals surface area contributed by atoms with Gasteiger partial charge in [-0.2, -0.15) is 4.98 Å². The van der Waals surface area contributed by atoms with Crippen molar-refractivity contribution in [1.29, 1.82) is 0 Å². The van der Waals surface area contributed by atoms with Crippen molar-refractivity contribution in [1.82, 2.24) is 19.7 Å². The molecule has 0 bridgehead atoms. The number of carbonyl (C=O) groups is 1. The summed E-state index contributed by atoms with van der Waals surface area (Å²) >= 11 is 0. The van der Waals surface area contributed by atoms with E-state index in [-0.39, 0.29) is 17.3 Å². The third-order valence-corrected chi connectivity index (χ3v) is 5.55. The topological polar surface area (TPSA) is 94.0 Å². The second-order valence-electron chi connectivity index (χ2n) is 7.69. The van der Waals surface area contributed by atoms with Crippen molar-refractivity contribution < 1.29 is 13.9 Å². The number of nitrogens with one attached hydrogen (secondary N) is 2. The molecule has 9 heteroatoms. The lowest BCUT2D eigenvalue weighted by molar-refractivity contribution is -0.113. The number of fused-ring (bicyclic) bond motifs is 1. The molecular weight excluding hydrogens is 435 g/mol. The summed E-state index contributed by atoms with van der Waals surface area (Å²) in [6.07, 6.45) is 1.60. The highest BCUT2D eigenvalue weighted by Gasteiger charge is 2.35. The highest BCUT2D eigenvalue weighted by Crippen LogP contribution is 2.37. The molecule has 2 aromatic carbocycles. The average molecular weight is 456 g/mol. The number of rotatable bonds is 5. The Bertz CT molecular complexity index is 1380. The molecule has 1 atom stereocenters. The number of pyridine rings is 1. The fourth-order valence-electron chi connectivity index (χ4n) is 3.92. The molecule has 0 spiro atoms. The zero-order valence-electron chi connectivity index (χ0n) is 18.5. The Labute approximate surface area is 195 Å². The van der Waals surface area contributed by atoms with Crippen LogP contribution in [-0.4, -0.2) is 32.8 Å². The number of aromatic nitrogens is 4. The van der Waals surface area contributed by atoms with Crippen LogP contribution in [0.3, 0.4) is 0 Å². The van der Waals surface area contributed by atoms with Gasteiger partial charge in [0.25, 0.3) is 5.91 Å². The summed E-state index contributed by atoms with van der Waals surface area (Å²) in [5.41, 5.74) is 2.11. The van der Waals surface area contributed by atoms with E-state index in [9.17, 15) is 9.18 Å². The van der Waals surface area contributed by atoms with Crippen LogP contribution in [0, 0.1) is 5.82 Å². The molecule has 0 radical (unpaired) electrons. The Hall–Kier alpha value is -4.53. The normalized spacial score (nSPS) is 14.9. The molecule has 8 nitrogen and oxygen atoms in total. The van der Waals surface area contributed by atoms with Gasteiger partial charge in [0.1, 0.15) is 23.4 Å². The van der Waals surface area contributed by atoms with Crippen LogP contribution in [0.1, 0.15) is 18.5 Å². The van der Waals surface area contributed by atoms with Gasteiger partial charge in [0.05, 0.1) is 18.2 Å². The van der Waals surface area contributed by atoms with Crippen LogP contribution in [-0.2, 0) is 4.79 Å². The first kappa shape index (κ1) is 21.3. The fourth-order valence-corrected chi connectivity index (χ4v) is 3.92. The molecule has 0 saturated heterocycles. The van der Waals surface area contributed by atoms with Gasteiger partial charge in [-0.3, -0.25) is 4.79 Å². The van der Waals surface area contributed by atoms with Gasteiger partial charge in [0.15, 0.2) is 5.82 Å². The Morgan fingerprint density at radius 3 is 2.56 bits per heavy atom. The molecule has 34 heavy (non-hydrogen) atoms. The van der Waals surface area contributed by atoms with Crippen molar-refractivity contribution in [2.45, 2.75) is 13.0 Å². The molecule has 2 N–H and O–H groups in total. The van der Waals surface area contributed by atoms with Crippen LogP contribution < -0.4 is 15.4 Å². The van der Waals surface area contributed by atoms with Crippen LogP contribution in [0.15, 0.2) is 84.2 Å². The summed E-state index contributed by atoms with van der Waals surface area (Å²) in [4.78, 5) is 22.1. The van der Waals surface area contributed by atoms with Crippen LogP contribution in [0.2, 0.25) is 0 Å². The molecule has 1 aliphatic heterocycles. The first-order chi connectivity index (χ1) is 16.5. The Kier molecular flexibility index (Phi) is 5.51. The second-order valence-corrected chi connectivity index (χ2v) is 7.69. The molecule has 2 aromatic heterocycles. The van der Waals surface area contributed by atoms with Gasteiger partial charge in [-0.1, -0.05) is 30.3 Å². The largest absolute Gasteiger partial charge is 0.497 e. The van der Waals surface area contributed by atoms with Crippen molar-refractivity contribution in [3.8, 4) is 17.1 Å². The lowest BCUT2D eigenvalue weighted by Gasteiger charge is -2.28. The van der Waals surface area contributed by atoms with E-state index >= 15 is 0 Å². The number of anilines is 2. The first-order valence-corrected chi connectivity index (χ1v) is 10.6. The van der Waals surface area contributed by atoms with E-state index < -0.39 is 11.9 Å². The molecule has 170 valence electrons. The minimum atomic E-state index is -0.612. The molecule has 0 aliphatic carbocycles. The minimum absolute atomic E-state index is 0.221. The number of ether oxygens (including phenoxy) is 1. The van der Waals surface area contributed by atoms with Crippen LogP contribution in [0.5, 0.6) is 5.75 Å². The summed E-state index contributed by atoms with van der Waals surface area (Å²) in [6.45, 7) is 1.80. The highest BCUT2D eigenvalue weighted by molar-refractivity contribution is 6.05. The van der Waals surface area contributed by atoms with Crippen molar-refractivity contribution in [2.24, 2.45) is 0 Å². The third kappa shape index (κ3) is 3.88. The van der Waals surface area contributed by atoms with Crippen molar-refractivity contribution in [3.05, 3.63) is 95.6 Å². The van der Waals surface area contributed by atoms with E-state index in [2.05, 4.69) is 25.7 Å². The van der Waals surface area contributed by atoms with Crippen LogP contribution in [0.4, 0.5) is 16.2 Å². The van der Waals surface area contributed by atoms with Crippen molar-refractivity contribution >= 4 is 17.7 Å². The van der Waals surface area contributed by atoms with Gasteiger partial charge in [-0.15, -0.1) is 5.10 Å². The smallest absolute Gasteiger partial charge is 0.257 e. The zero-order valence-corrected chi connectivity index (χ0v) is 18.5. The Morgan fingerprint density at radius 1 is 1.09 bits per heavy atom. The SMILES string of the molecule is COc1ccc([C@@H]2C(C(=O)Nc3ccccn3)=C(C)Nc3nc(-c4ccccc4F)nn32)cc1. The third-order valence-electron chi connectivity index (χ3n) is 5.55. The molecule has 0 fully saturated rings. The maximum absolute atomic E-state index is 14.5. The Morgan fingerprint density at radius 2 is 1.85 bits per heavy atom. The van der Waals surface area contributed by atoms with Crippen LogP contribution >= 0.6 is 0 Å². The number of nitrogens with zero attached hydrogens (tertiary/aromatic N) is 4. The molecule has 1 aliphatic rings. The predicted molar refractivity (Wildman–Crippen MR) is 126 cm³/mol. The lowest BCUT2D eigenvalue weighted by atomic mass is 9.95. The van der Waals surface area contributed by atoms with E-state index in [0.717, 1.165) is 5.56 Å². The zero-order chi connectivity index (χ0) is 23.7. The van der Waals surface area contributed by atoms with Gasteiger partial charge < -0.3 is 15.4 Å². The maximum atomic E-state index is 14.5. The van der Waals surface area contributed by atoms with Gasteiger partial charge in [-0.25, -0.2) is 14.1 Å². The van der Waals surface area contributed by atoms with E-state index in [1.165, 1.54) is 6.07 Å². The summed E-state index contributed by atoms with van der Waals surface area (Å²) in [7, 11) is 1.59. The standard InChI is InChI=1S/C25H21FN6O2/c1-15-21(24(33)29-20-9-5-6-14-27-20)22(16-10-12-17(34-2)13-11-16)32-25(28-15)30-23(31-32)18-7-3-4-8-19(18)26/h3-14,22H,1-2H3,(H,27,29,33)(H,28,30,31)/t22-/m1/s1. The molecule has 5 rings (SSSR count). The average Bonchev–Trinajstić information content (AvgIpc) is 3.27. The van der Waals surface area contributed by atoms with E-state index in [1.54, 1.807) is 61.3 Å². The first-order valence-electron chi connectivity index (χ1n) is 10.6. The Balaban J connectivity index is 1.61. The molecular formula is C25H21FN6O2. The molecule has 4 aromatic rings. The summed E-state index contributed by atoms with van der Waals surface area (Å²) in [5.74, 6) is 0.980. The van der Waals surface area contributed by atoms with Crippen LogP contribution in [0.25, 0.3) is 11.4 Å². The number of amides is 1. The summed E-state index contributed by atoms with van der Waals surface area (Å²) in [5, 5.41) is 10.6. The van der Waals surface area contributed by atoms with E-state index in [0.29, 0.717) is 28.8 Å². The van der Waals surface area contributed by atoms with Gasteiger partial charge in [0, 0.05) is 11.9 Å². The molecule has 0 unspecified atom stereocenters. The van der Waals surface area contributed by atoms with Crippen molar-refractivity contribution in [2.75, 3.05) is 17.7 Å². The molecule has 3 heterocycles. The number of methoxy groups -OCH3 is 1. The minimum Gasteiger partial charge on any atom is -0.497 e. The van der Waals surface area contributed by atoms with Gasteiger partial charge in [-0.05, 0) is 48.9 Å². The van der Waals surface area contributed by atoms with Gasteiger partial charge >= 0.3 is 0 Å². The highest BCUT2D eigenvalue weighted by atomic mass is 19.1. The quantitative estimate of drug-likeness (QED) is 0.462. The maximum Gasteiger partial charge on any atom is 0.257 e. The fraction of sp³-hybridized carbons (Fsp3) is 0.120. The second kappa shape index (κ2) is 8.78. The number of benzene rings is 2. The summed E-state index contributed by atoms with van der Waals surface area (Å²) < 4.78 is 21.4. The molecule has 0 saturated carbocycles. The monoisotopic (exact) mass is 456 g/mol. The summed E-state index contributed by atoms with van der Waals surface area (Å²) in [6, 6.07) is 18.3. The predicted octanol–water partition coefficient (Wildman–Crippen LogP) is 4.42. The number of hydrogen-bond donors (Lipinski definition) is 2. The number of halogens is 1. The van der Waals surface area contributed by atoms with E-state index in [4.69, 9.17) is 4.74 Å². The van der Waals surface area contributed by atoms with Gasteiger partial charge in [0.2, 0.25) is 5.95 Å². The number of hydrogen-bond acceptors (Lipinski definition) is 6. The number of carbonyl (C=O) groups excluding carboxylic acids is 1. The molecule has 1 amide bonds. The number of allylic oxidation sites excluding steroid dienone is 1. The van der Waals surface area contributed by atoms with Crippen molar-refractivity contribution in [3.63, 3.8) is 0 Å². The van der Waals surface area contributed by atoms with E-state index in [1.807, 2.05) is 24.3 Å².